The first-order valence-electron chi connectivity index (χ1n) is 7.04. The third-order valence-corrected chi connectivity index (χ3v) is 4.21. The van der Waals surface area contributed by atoms with Crippen molar-refractivity contribution in [2.24, 2.45) is 0 Å². The number of rotatable bonds is 4. The molecule has 0 radical (unpaired) electrons. The van der Waals surface area contributed by atoms with E-state index in [9.17, 15) is 9.18 Å². The molecule has 0 aliphatic carbocycles. The highest BCUT2D eigenvalue weighted by Gasteiger charge is 2.15. The van der Waals surface area contributed by atoms with Crippen LogP contribution in [0.4, 0.5) is 4.39 Å². The molecule has 0 fully saturated rings. The average molecular weight is 330 g/mol. The highest BCUT2D eigenvalue weighted by atomic mass is 32.1. The number of amides is 1. The summed E-state index contributed by atoms with van der Waals surface area (Å²) in [5.74, 6) is -0.551. The van der Waals surface area contributed by atoms with Gasteiger partial charge in [-0.15, -0.1) is 11.3 Å². The molecule has 0 saturated heterocycles. The maximum atomic E-state index is 13.0. The van der Waals surface area contributed by atoms with Gasteiger partial charge in [-0.3, -0.25) is 4.79 Å². The molecule has 5 nitrogen and oxygen atoms in total. The summed E-state index contributed by atoms with van der Waals surface area (Å²) in [6, 6.07) is 5.95. The van der Waals surface area contributed by atoms with Gasteiger partial charge in [-0.05, 0) is 38.1 Å². The van der Waals surface area contributed by atoms with E-state index in [1.807, 2.05) is 13.8 Å². The lowest BCUT2D eigenvalue weighted by atomic mass is 10.2. The summed E-state index contributed by atoms with van der Waals surface area (Å²) in [6.07, 6.45) is 3.50. The first-order chi connectivity index (χ1) is 11.0. The minimum atomic E-state index is -0.310. The highest BCUT2D eigenvalue weighted by Crippen LogP contribution is 2.14. The highest BCUT2D eigenvalue weighted by molar-refractivity contribution is 7.11. The molecule has 3 rings (SSSR count). The summed E-state index contributed by atoms with van der Waals surface area (Å²) >= 11 is 1.55. The minimum Gasteiger partial charge on any atom is -0.346 e. The molecule has 2 aromatic heterocycles. The van der Waals surface area contributed by atoms with Crippen molar-refractivity contribution in [3.63, 3.8) is 0 Å². The van der Waals surface area contributed by atoms with Gasteiger partial charge in [0.15, 0.2) is 5.69 Å². The molecule has 3 aromatic rings. The zero-order valence-corrected chi connectivity index (χ0v) is 13.5. The molecule has 0 unspecified atom stereocenters. The van der Waals surface area contributed by atoms with Crippen molar-refractivity contribution in [3.8, 4) is 5.69 Å². The predicted molar refractivity (Wildman–Crippen MR) is 86.3 cm³/mol. The molecule has 0 aliphatic rings. The van der Waals surface area contributed by atoms with E-state index < -0.39 is 0 Å². The molecule has 1 aromatic carbocycles. The molecule has 7 heteroatoms. The van der Waals surface area contributed by atoms with Crippen LogP contribution in [-0.4, -0.2) is 20.7 Å². The number of hydrogen-bond acceptors (Lipinski definition) is 4. The van der Waals surface area contributed by atoms with E-state index in [2.05, 4.69) is 15.4 Å². The number of thiazole rings is 1. The topological polar surface area (TPSA) is 59.8 Å². The average Bonchev–Trinajstić information content (AvgIpc) is 3.11. The number of benzene rings is 1. The Bertz CT molecular complexity index is 838. The van der Waals surface area contributed by atoms with Crippen LogP contribution >= 0.6 is 11.3 Å². The Kier molecular flexibility index (Phi) is 4.20. The number of aryl methyl sites for hydroxylation is 2. The predicted octanol–water partition coefficient (Wildman–Crippen LogP) is 3.01. The number of carbonyl (C=O) groups is 1. The molecule has 0 bridgehead atoms. The Morgan fingerprint density at radius 3 is 2.70 bits per heavy atom. The normalized spacial score (nSPS) is 10.7. The third kappa shape index (κ3) is 3.45. The van der Waals surface area contributed by atoms with E-state index in [-0.39, 0.29) is 11.7 Å². The van der Waals surface area contributed by atoms with E-state index in [1.165, 1.54) is 12.1 Å². The molecule has 0 aliphatic heterocycles. The van der Waals surface area contributed by atoms with Gasteiger partial charge in [-0.1, -0.05) is 0 Å². The SMILES string of the molecule is Cc1ncc(CNC(=O)c2nn(-c3ccc(F)cc3)cc2C)s1. The lowest BCUT2D eigenvalue weighted by molar-refractivity contribution is 0.0945. The third-order valence-electron chi connectivity index (χ3n) is 3.30. The van der Waals surface area contributed by atoms with Crippen molar-refractivity contribution >= 4 is 17.2 Å². The van der Waals surface area contributed by atoms with Crippen LogP contribution in [0.1, 0.15) is 25.9 Å². The number of nitrogens with one attached hydrogen (secondary N) is 1. The largest absolute Gasteiger partial charge is 0.346 e. The maximum absolute atomic E-state index is 13.0. The fraction of sp³-hybridized carbons (Fsp3) is 0.188. The second-order valence-corrected chi connectivity index (χ2v) is 6.43. The summed E-state index contributed by atoms with van der Waals surface area (Å²) in [6.45, 7) is 4.16. The Balaban J connectivity index is 1.74. The summed E-state index contributed by atoms with van der Waals surface area (Å²) < 4.78 is 14.6. The number of halogens is 1. The van der Waals surface area contributed by atoms with Crippen LogP contribution in [-0.2, 0) is 6.54 Å². The zero-order chi connectivity index (χ0) is 16.4. The number of nitrogens with zero attached hydrogens (tertiary/aromatic N) is 3. The molecule has 118 valence electrons. The Labute approximate surface area is 136 Å². The quantitative estimate of drug-likeness (QED) is 0.800. The number of aromatic nitrogens is 3. The monoisotopic (exact) mass is 330 g/mol. The van der Waals surface area contributed by atoms with Crippen LogP contribution in [0.15, 0.2) is 36.7 Å². The minimum absolute atomic E-state index is 0.241. The van der Waals surface area contributed by atoms with Gasteiger partial charge in [0, 0.05) is 22.8 Å². The summed E-state index contributed by atoms with van der Waals surface area (Å²) in [4.78, 5) is 17.4. The van der Waals surface area contributed by atoms with E-state index in [0.717, 1.165) is 15.4 Å². The van der Waals surface area contributed by atoms with Crippen LogP contribution in [0.25, 0.3) is 5.69 Å². The lowest BCUT2D eigenvalue weighted by Crippen LogP contribution is -2.23. The molecule has 23 heavy (non-hydrogen) atoms. The van der Waals surface area contributed by atoms with Crippen molar-refractivity contribution in [1.29, 1.82) is 0 Å². The molecule has 0 saturated carbocycles. The number of hydrogen-bond donors (Lipinski definition) is 1. The Morgan fingerprint density at radius 2 is 2.04 bits per heavy atom. The van der Waals surface area contributed by atoms with Crippen molar-refractivity contribution in [3.05, 3.63) is 63.6 Å². The second kappa shape index (κ2) is 6.29. The van der Waals surface area contributed by atoms with Crippen LogP contribution in [0.3, 0.4) is 0 Å². The molecule has 0 atom stereocenters. The maximum Gasteiger partial charge on any atom is 0.272 e. The lowest BCUT2D eigenvalue weighted by Gasteiger charge is -2.02. The van der Waals surface area contributed by atoms with Gasteiger partial charge in [0.05, 0.1) is 17.2 Å². The van der Waals surface area contributed by atoms with E-state index in [1.54, 1.807) is 40.5 Å². The molecule has 2 heterocycles. The zero-order valence-electron chi connectivity index (χ0n) is 12.7. The first kappa shape index (κ1) is 15.4. The van der Waals surface area contributed by atoms with Crippen molar-refractivity contribution in [2.45, 2.75) is 20.4 Å². The smallest absolute Gasteiger partial charge is 0.272 e. The van der Waals surface area contributed by atoms with E-state index >= 15 is 0 Å². The molecule has 1 amide bonds. The van der Waals surface area contributed by atoms with Gasteiger partial charge < -0.3 is 5.32 Å². The van der Waals surface area contributed by atoms with Gasteiger partial charge in [0.25, 0.3) is 5.91 Å². The standard InChI is InChI=1S/C16H15FN4OS/c1-10-9-21(13-5-3-12(17)4-6-13)20-15(10)16(22)19-8-14-7-18-11(2)23-14/h3-7,9H,8H2,1-2H3,(H,19,22). The summed E-state index contributed by atoms with van der Waals surface area (Å²) in [5.41, 5.74) is 1.81. The molecule has 1 N–H and O–H groups in total. The van der Waals surface area contributed by atoms with Crippen LogP contribution < -0.4 is 5.32 Å². The van der Waals surface area contributed by atoms with Crippen LogP contribution in [0.2, 0.25) is 0 Å². The van der Waals surface area contributed by atoms with Crippen molar-refractivity contribution < 1.29 is 9.18 Å². The van der Waals surface area contributed by atoms with Crippen LogP contribution in [0, 0.1) is 19.7 Å². The van der Waals surface area contributed by atoms with Crippen molar-refractivity contribution in [1.82, 2.24) is 20.1 Å². The second-order valence-electron chi connectivity index (χ2n) is 5.11. The summed E-state index contributed by atoms with van der Waals surface area (Å²) in [5, 5.41) is 8.10. The molecule has 0 spiro atoms. The Hall–Kier alpha value is -2.54. The van der Waals surface area contributed by atoms with Crippen molar-refractivity contribution in [2.75, 3.05) is 0 Å². The molecular formula is C16H15FN4OS. The van der Waals surface area contributed by atoms with Gasteiger partial charge in [0.1, 0.15) is 5.82 Å². The van der Waals surface area contributed by atoms with Gasteiger partial charge >= 0.3 is 0 Å². The summed E-state index contributed by atoms with van der Waals surface area (Å²) in [7, 11) is 0. The van der Waals surface area contributed by atoms with Gasteiger partial charge in [-0.2, -0.15) is 5.10 Å². The van der Waals surface area contributed by atoms with Gasteiger partial charge in [0.2, 0.25) is 0 Å². The van der Waals surface area contributed by atoms with Gasteiger partial charge in [-0.25, -0.2) is 14.1 Å². The van der Waals surface area contributed by atoms with E-state index in [0.29, 0.717) is 17.9 Å². The fourth-order valence-corrected chi connectivity index (χ4v) is 2.88. The molecular weight excluding hydrogens is 315 g/mol. The number of carbonyl (C=O) groups excluding carboxylic acids is 1. The van der Waals surface area contributed by atoms with E-state index in [4.69, 9.17) is 0 Å². The fourth-order valence-electron chi connectivity index (χ4n) is 2.15. The van der Waals surface area contributed by atoms with Crippen LogP contribution in [0.5, 0.6) is 0 Å². The Morgan fingerprint density at radius 1 is 1.30 bits per heavy atom. The first-order valence-corrected chi connectivity index (χ1v) is 7.86.